The molecule has 1 unspecified atom stereocenters. The Bertz CT molecular complexity index is 1390. The normalized spacial score (nSPS) is 11.6. The third-order valence-corrected chi connectivity index (χ3v) is 5.60. The van der Waals surface area contributed by atoms with Crippen molar-refractivity contribution in [2.75, 3.05) is 11.4 Å². The molecule has 7 nitrogen and oxygen atoms in total. The van der Waals surface area contributed by atoms with E-state index in [-0.39, 0.29) is 24.9 Å². The molecule has 0 fully saturated rings. The van der Waals surface area contributed by atoms with Gasteiger partial charge in [-0.25, -0.2) is 0 Å². The predicted octanol–water partition coefficient (Wildman–Crippen LogP) is 4.03. The molecule has 170 valence electrons. The molecule has 0 aliphatic heterocycles. The minimum Gasteiger partial charge on any atom is -0.451 e. The monoisotopic (exact) mass is 453 g/mol. The van der Waals surface area contributed by atoms with Crippen molar-refractivity contribution < 1.29 is 14.3 Å². The Kier molecular flexibility index (Phi) is 6.69. The Morgan fingerprint density at radius 1 is 0.941 bits per heavy atom. The van der Waals surface area contributed by atoms with Gasteiger partial charge in [0.05, 0.1) is 23.5 Å². The Morgan fingerprint density at radius 3 is 2.09 bits per heavy atom. The average molecular weight is 453 g/mol. The van der Waals surface area contributed by atoms with Crippen molar-refractivity contribution in [3.05, 3.63) is 89.1 Å². The number of aromatic nitrogens is 1. The van der Waals surface area contributed by atoms with E-state index in [1.165, 1.54) is 11.8 Å². The summed E-state index contributed by atoms with van der Waals surface area (Å²) < 4.78 is 7.25. The van der Waals surface area contributed by atoms with E-state index in [9.17, 15) is 14.4 Å². The fourth-order valence-electron chi connectivity index (χ4n) is 4.02. The van der Waals surface area contributed by atoms with E-state index in [4.69, 9.17) is 10.00 Å². The first kappa shape index (κ1) is 22.7. The van der Waals surface area contributed by atoms with Crippen LogP contribution in [-0.2, 0) is 20.9 Å². The number of benzene rings is 3. The maximum atomic E-state index is 13.1. The van der Waals surface area contributed by atoms with Gasteiger partial charge in [0.2, 0.25) is 0 Å². The van der Waals surface area contributed by atoms with Crippen molar-refractivity contribution in [2.24, 2.45) is 0 Å². The van der Waals surface area contributed by atoms with Crippen LogP contribution in [0.1, 0.15) is 13.3 Å². The molecular weight excluding hydrogens is 430 g/mol. The number of rotatable bonds is 7. The number of pyridine rings is 1. The molecule has 0 saturated carbocycles. The number of amides is 1. The highest BCUT2D eigenvalue weighted by molar-refractivity contribution is 5.98. The first-order chi connectivity index (χ1) is 16.5. The van der Waals surface area contributed by atoms with Gasteiger partial charge in [0.15, 0.2) is 11.5 Å². The Balaban J connectivity index is 1.60. The zero-order chi connectivity index (χ0) is 24.1. The number of anilines is 1. The lowest BCUT2D eigenvalue weighted by atomic mass is 10.1. The number of esters is 1. The number of carbonyl (C=O) groups excluding carboxylic acids is 2. The van der Waals surface area contributed by atoms with Gasteiger partial charge in [0.1, 0.15) is 6.54 Å². The summed E-state index contributed by atoms with van der Waals surface area (Å²) in [6.45, 7) is 1.54. The molecule has 0 spiro atoms. The molecule has 1 amide bonds. The molecule has 0 bridgehead atoms. The van der Waals surface area contributed by atoms with Crippen LogP contribution >= 0.6 is 0 Å². The predicted molar refractivity (Wildman–Crippen MR) is 130 cm³/mol. The van der Waals surface area contributed by atoms with Crippen molar-refractivity contribution in [3.8, 4) is 6.07 Å². The molecule has 0 aliphatic carbocycles. The summed E-state index contributed by atoms with van der Waals surface area (Å²) in [7, 11) is 0. The van der Waals surface area contributed by atoms with E-state index < -0.39 is 18.0 Å². The number of hydrogen-bond acceptors (Lipinski definition) is 5. The lowest BCUT2D eigenvalue weighted by Crippen LogP contribution is -2.41. The van der Waals surface area contributed by atoms with Crippen LogP contribution in [0, 0.1) is 11.3 Å². The highest BCUT2D eigenvalue weighted by atomic mass is 16.5. The van der Waals surface area contributed by atoms with Gasteiger partial charge in [-0.1, -0.05) is 42.5 Å². The van der Waals surface area contributed by atoms with Gasteiger partial charge in [0.25, 0.3) is 5.91 Å². The first-order valence-electron chi connectivity index (χ1n) is 10.9. The van der Waals surface area contributed by atoms with Crippen molar-refractivity contribution in [1.29, 1.82) is 5.26 Å². The van der Waals surface area contributed by atoms with Crippen molar-refractivity contribution >= 4 is 39.4 Å². The van der Waals surface area contributed by atoms with Gasteiger partial charge in [-0.05, 0) is 43.3 Å². The van der Waals surface area contributed by atoms with Gasteiger partial charge < -0.3 is 14.2 Å². The smallest absolute Gasteiger partial charge is 0.326 e. The molecule has 1 aromatic heterocycles. The molecule has 1 heterocycles. The van der Waals surface area contributed by atoms with Crippen LogP contribution in [-0.4, -0.2) is 29.1 Å². The van der Waals surface area contributed by atoms with E-state index in [0.29, 0.717) is 27.5 Å². The van der Waals surface area contributed by atoms with Crippen LogP contribution < -0.4 is 10.3 Å². The molecular formula is C27H23N3O4. The van der Waals surface area contributed by atoms with Crippen LogP contribution in [0.15, 0.2) is 83.7 Å². The largest absolute Gasteiger partial charge is 0.451 e. The van der Waals surface area contributed by atoms with Gasteiger partial charge in [0, 0.05) is 23.0 Å². The van der Waals surface area contributed by atoms with Crippen molar-refractivity contribution in [2.45, 2.75) is 26.0 Å². The molecule has 4 aromatic rings. The van der Waals surface area contributed by atoms with E-state index in [1.54, 1.807) is 77.4 Å². The minimum atomic E-state index is -1.05. The standard InChI is InChI=1S/C27H23N3O4/c1-19(27(33)29(17-9-16-28)20-10-3-2-4-11-20)34-25(31)18-30-23-14-7-5-12-21(23)26(32)22-13-6-8-15-24(22)30/h2-8,10-15,19H,9,17-18H2,1H3. The topological polar surface area (TPSA) is 92.4 Å². The number of fused-ring (bicyclic) bond motifs is 2. The maximum absolute atomic E-state index is 13.1. The van der Waals surface area contributed by atoms with Crippen LogP contribution in [0.4, 0.5) is 5.69 Å². The van der Waals surface area contributed by atoms with Crippen LogP contribution in [0.25, 0.3) is 21.8 Å². The van der Waals surface area contributed by atoms with Gasteiger partial charge in [-0.15, -0.1) is 0 Å². The number of para-hydroxylation sites is 3. The highest BCUT2D eigenvalue weighted by Crippen LogP contribution is 2.20. The quantitative estimate of drug-likeness (QED) is 0.311. The third kappa shape index (κ3) is 4.52. The lowest BCUT2D eigenvalue weighted by Gasteiger charge is -2.25. The van der Waals surface area contributed by atoms with Gasteiger partial charge in [-0.3, -0.25) is 14.4 Å². The second-order valence-corrected chi connectivity index (χ2v) is 7.82. The second kappa shape index (κ2) is 10.0. The van der Waals surface area contributed by atoms with Crippen LogP contribution in [0.5, 0.6) is 0 Å². The van der Waals surface area contributed by atoms with E-state index in [0.717, 1.165) is 0 Å². The summed E-state index contributed by atoms with van der Waals surface area (Å²) in [5, 5.41) is 10.00. The zero-order valence-corrected chi connectivity index (χ0v) is 18.7. The molecule has 0 saturated heterocycles. The number of nitrogens with zero attached hydrogens (tertiary/aromatic N) is 3. The molecule has 7 heteroatoms. The molecule has 0 radical (unpaired) electrons. The first-order valence-corrected chi connectivity index (χ1v) is 10.9. The summed E-state index contributed by atoms with van der Waals surface area (Å²) in [6, 6.07) is 25.2. The molecule has 1 atom stereocenters. The Hall–Kier alpha value is -4.44. The zero-order valence-electron chi connectivity index (χ0n) is 18.7. The number of nitriles is 1. The number of carbonyl (C=O) groups is 2. The Morgan fingerprint density at radius 2 is 1.50 bits per heavy atom. The summed E-state index contributed by atoms with van der Waals surface area (Å²) in [5.74, 6) is -1.02. The van der Waals surface area contributed by atoms with Crippen molar-refractivity contribution in [3.63, 3.8) is 0 Å². The lowest BCUT2D eigenvalue weighted by molar-refractivity contribution is -0.154. The summed E-state index contributed by atoms with van der Waals surface area (Å²) in [4.78, 5) is 40.4. The third-order valence-electron chi connectivity index (χ3n) is 5.60. The van der Waals surface area contributed by atoms with E-state index in [2.05, 4.69) is 0 Å². The summed E-state index contributed by atoms with van der Waals surface area (Å²) in [5.41, 5.74) is 1.75. The average Bonchev–Trinajstić information content (AvgIpc) is 2.87. The van der Waals surface area contributed by atoms with E-state index >= 15 is 0 Å². The SMILES string of the molecule is CC(OC(=O)Cn1c2ccccc2c(=O)c2ccccc21)C(=O)N(CCC#N)c1ccccc1. The van der Waals surface area contributed by atoms with Gasteiger partial charge in [-0.2, -0.15) is 5.26 Å². The Labute approximate surface area is 196 Å². The molecule has 34 heavy (non-hydrogen) atoms. The van der Waals surface area contributed by atoms with Crippen LogP contribution in [0.3, 0.4) is 0 Å². The van der Waals surface area contributed by atoms with Crippen molar-refractivity contribution in [1.82, 2.24) is 4.57 Å². The fourth-order valence-corrected chi connectivity index (χ4v) is 4.02. The molecule has 3 aromatic carbocycles. The molecule has 0 aliphatic rings. The maximum Gasteiger partial charge on any atom is 0.326 e. The number of ether oxygens (including phenoxy) is 1. The molecule has 0 N–H and O–H groups in total. The fraction of sp³-hybridized carbons (Fsp3) is 0.185. The molecule has 4 rings (SSSR count). The second-order valence-electron chi connectivity index (χ2n) is 7.82. The number of hydrogen-bond donors (Lipinski definition) is 0. The highest BCUT2D eigenvalue weighted by Gasteiger charge is 2.25. The summed E-state index contributed by atoms with van der Waals surface area (Å²) in [6.07, 6.45) is -0.903. The van der Waals surface area contributed by atoms with Crippen LogP contribution in [0.2, 0.25) is 0 Å². The minimum absolute atomic E-state index is 0.102. The van der Waals surface area contributed by atoms with Gasteiger partial charge >= 0.3 is 5.97 Å². The van der Waals surface area contributed by atoms with E-state index in [1.807, 2.05) is 12.1 Å². The summed E-state index contributed by atoms with van der Waals surface area (Å²) >= 11 is 0.